The molecule has 3 aliphatic rings. The number of benzene rings is 2. The lowest BCUT2D eigenvalue weighted by atomic mass is 9.86. The number of carbonyl (C=O) groups excluding carboxylic acids is 1. The lowest BCUT2D eigenvalue weighted by molar-refractivity contribution is -0.135. The van der Waals surface area contributed by atoms with Crippen molar-refractivity contribution in [1.29, 1.82) is 0 Å². The second-order valence-electron chi connectivity index (χ2n) is 5.88. The van der Waals surface area contributed by atoms with E-state index < -0.39 is 0 Å². The van der Waals surface area contributed by atoms with Crippen molar-refractivity contribution in [3.63, 3.8) is 0 Å². The van der Waals surface area contributed by atoms with Crippen molar-refractivity contribution >= 4 is 5.97 Å². The van der Waals surface area contributed by atoms with Crippen LogP contribution in [0.4, 0.5) is 0 Å². The molecule has 3 heterocycles. The van der Waals surface area contributed by atoms with E-state index in [1.54, 1.807) is 6.07 Å². The largest absolute Gasteiger partial charge is 0.486 e. The molecule has 122 valence electrons. The second kappa shape index (κ2) is 5.06. The van der Waals surface area contributed by atoms with Gasteiger partial charge in [-0.15, -0.1) is 0 Å². The molecular weight excluding hydrogens is 312 g/mol. The minimum absolute atomic E-state index is 0.119. The molecule has 6 nitrogen and oxygen atoms in total. The van der Waals surface area contributed by atoms with E-state index in [1.165, 1.54) is 0 Å². The number of fused-ring (bicyclic) bond motifs is 3. The molecular formula is C18H14O6. The first-order valence-corrected chi connectivity index (χ1v) is 7.82. The molecule has 5 rings (SSSR count). The van der Waals surface area contributed by atoms with Crippen LogP contribution in [-0.4, -0.2) is 26.0 Å². The minimum atomic E-state index is -0.263. The topological polar surface area (TPSA) is 63.2 Å². The van der Waals surface area contributed by atoms with E-state index in [4.69, 9.17) is 23.7 Å². The first-order valence-electron chi connectivity index (χ1n) is 7.82. The Labute approximate surface area is 137 Å². The number of carbonyl (C=O) groups is 1. The number of rotatable bonds is 1. The van der Waals surface area contributed by atoms with Gasteiger partial charge in [-0.2, -0.15) is 0 Å². The third-order valence-electron chi connectivity index (χ3n) is 4.44. The SMILES string of the molecule is O=C1CC(c2ccc3c(c2)OCCO3)c2cc3c(cc2O1)OCO3. The van der Waals surface area contributed by atoms with Crippen LogP contribution in [0.15, 0.2) is 30.3 Å². The first-order chi connectivity index (χ1) is 11.8. The molecule has 0 N–H and O–H groups in total. The summed E-state index contributed by atoms with van der Waals surface area (Å²) in [5.74, 6) is 2.86. The number of hydrogen-bond donors (Lipinski definition) is 0. The van der Waals surface area contributed by atoms with Gasteiger partial charge in [0, 0.05) is 17.5 Å². The Balaban J connectivity index is 1.61. The molecule has 0 aliphatic carbocycles. The van der Waals surface area contributed by atoms with Crippen LogP contribution in [0.1, 0.15) is 23.5 Å². The molecule has 1 atom stereocenters. The summed E-state index contributed by atoms with van der Waals surface area (Å²) >= 11 is 0. The molecule has 0 aromatic heterocycles. The zero-order valence-electron chi connectivity index (χ0n) is 12.7. The van der Waals surface area contributed by atoms with Gasteiger partial charge in [-0.1, -0.05) is 6.07 Å². The molecule has 0 radical (unpaired) electrons. The zero-order chi connectivity index (χ0) is 16.1. The highest BCUT2D eigenvalue weighted by molar-refractivity contribution is 5.78. The third kappa shape index (κ3) is 2.06. The van der Waals surface area contributed by atoms with Crippen molar-refractivity contribution in [2.75, 3.05) is 20.0 Å². The van der Waals surface area contributed by atoms with Crippen LogP contribution >= 0.6 is 0 Å². The second-order valence-corrected chi connectivity index (χ2v) is 5.88. The van der Waals surface area contributed by atoms with Crippen LogP contribution in [0.3, 0.4) is 0 Å². The van der Waals surface area contributed by atoms with Crippen LogP contribution in [0.25, 0.3) is 0 Å². The highest BCUT2D eigenvalue weighted by Gasteiger charge is 2.32. The highest BCUT2D eigenvalue weighted by Crippen LogP contribution is 2.47. The quantitative estimate of drug-likeness (QED) is 0.593. The average Bonchev–Trinajstić information content (AvgIpc) is 3.06. The fourth-order valence-corrected chi connectivity index (χ4v) is 3.31. The lowest BCUT2D eigenvalue weighted by Crippen LogP contribution is -2.21. The maximum absolute atomic E-state index is 12.0. The third-order valence-corrected chi connectivity index (χ3v) is 4.44. The van der Waals surface area contributed by atoms with E-state index >= 15 is 0 Å². The molecule has 2 aromatic rings. The van der Waals surface area contributed by atoms with E-state index in [1.807, 2.05) is 24.3 Å². The summed E-state index contributed by atoms with van der Waals surface area (Å²) in [7, 11) is 0. The van der Waals surface area contributed by atoms with Gasteiger partial charge < -0.3 is 23.7 Å². The monoisotopic (exact) mass is 326 g/mol. The molecule has 3 aliphatic heterocycles. The van der Waals surface area contributed by atoms with Crippen LogP contribution in [0.5, 0.6) is 28.7 Å². The van der Waals surface area contributed by atoms with E-state index in [2.05, 4.69) is 0 Å². The molecule has 0 fully saturated rings. The van der Waals surface area contributed by atoms with E-state index in [0.717, 1.165) is 16.9 Å². The minimum Gasteiger partial charge on any atom is -0.486 e. The van der Waals surface area contributed by atoms with Crippen molar-refractivity contribution in [3.05, 3.63) is 41.5 Å². The molecule has 2 aromatic carbocycles. The summed E-state index contributed by atoms with van der Waals surface area (Å²) in [6.07, 6.45) is 0.270. The van der Waals surface area contributed by atoms with Crippen LogP contribution < -0.4 is 23.7 Å². The van der Waals surface area contributed by atoms with Crippen LogP contribution in [0, 0.1) is 0 Å². The maximum atomic E-state index is 12.0. The lowest BCUT2D eigenvalue weighted by Gasteiger charge is -2.26. The van der Waals surface area contributed by atoms with E-state index in [9.17, 15) is 4.79 Å². The Kier molecular flexibility index (Phi) is 2.85. The average molecular weight is 326 g/mol. The van der Waals surface area contributed by atoms with E-state index in [0.29, 0.717) is 36.2 Å². The molecule has 0 saturated carbocycles. The van der Waals surface area contributed by atoms with Crippen molar-refractivity contribution in [2.24, 2.45) is 0 Å². The standard InChI is InChI=1S/C18H14O6/c19-18-7-11(10-1-2-13-15(5-10)21-4-3-20-13)12-6-16-17(23-9-22-16)8-14(12)24-18/h1-2,5-6,8,11H,3-4,7,9H2. The fourth-order valence-electron chi connectivity index (χ4n) is 3.31. The van der Waals surface area contributed by atoms with Crippen molar-refractivity contribution < 1.29 is 28.5 Å². The molecule has 0 saturated heterocycles. The predicted octanol–water partition coefficient (Wildman–Crippen LogP) is 2.63. The predicted molar refractivity (Wildman–Crippen MR) is 82.1 cm³/mol. The molecule has 0 spiro atoms. The summed E-state index contributed by atoms with van der Waals surface area (Å²) in [6, 6.07) is 9.40. The molecule has 6 heteroatoms. The van der Waals surface area contributed by atoms with Crippen molar-refractivity contribution in [2.45, 2.75) is 12.3 Å². The first kappa shape index (κ1) is 13.5. The Morgan fingerprint density at radius 1 is 0.792 bits per heavy atom. The van der Waals surface area contributed by atoms with Gasteiger partial charge in [-0.05, 0) is 23.8 Å². The highest BCUT2D eigenvalue weighted by atomic mass is 16.7. The van der Waals surface area contributed by atoms with Gasteiger partial charge in [-0.3, -0.25) is 4.79 Å². The Morgan fingerprint density at radius 3 is 2.42 bits per heavy atom. The summed E-state index contributed by atoms with van der Waals surface area (Å²) in [5.41, 5.74) is 1.89. The fraction of sp³-hybridized carbons (Fsp3) is 0.278. The number of hydrogen-bond acceptors (Lipinski definition) is 6. The Morgan fingerprint density at radius 2 is 1.54 bits per heavy atom. The number of ether oxygens (including phenoxy) is 5. The van der Waals surface area contributed by atoms with Gasteiger partial charge in [0.15, 0.2) is 23.0 Å². The summed E-state index contributed by atoms with van der Waals surface area (Å²) in [6.45, 7) is 1.26. The van der Waals surface area contributed by atoms with Gasteiger partial charge in [0.1, 0.15) is 19.0 Å². The van der Waals surface area contributed by atoms with Gasteiger partial charge in [-0.25, -0.2) is 0 Å². The summed E-state index contributed by atoms with van der Waals surface area (Å²) in [4.78, 5) is 12.0. The summed E-state index contributed by atoms with van der Waals surface area (Å²) in [5, 5.41) is 0. The van der Waals surface area contributed by atoms with Gasteiger partial charge in [0.05, 0.1) is 6.42 Å². The zero-order valence-corrected chi connectivity index (χ0v) is 12.7. The maximum Gasteiger partial charge on any atom is 0.312 e. The normalized spacial score (nSPS) is 20.3. The smallest absolute Gasteiger partial charge is 0.312 e. The van der Waals surface area contributed by atoms with Gasteiger partial charge >= 0.3 is 5.97 Å². The van der Waals surface area contributed by atoms with Crippen LogP contribution in [0.2, 0.25) is 0 Å². The van der Waals surface area contributed by atoms with Crippen molar-refractivity contribution in [1.82, 2.24) is 0 Å². The number of esters is 1. The van der Waals surface area contributed by atoms with E-state index in [-0.39, 0.29) is 25.1 Å². The Hall–Kier alpha value is -2.89. The molecule has 0 bridgehead atoms. The summed E-state index contributed by atoms with van der Waals surface area (Å²) < 4.78 is 27.4. The Bertz CT molecular complexity index is 844. The van der Waals surface area contributed by atoms with Crippen LogP contribution in [-0.2, 0) is 4.79 Å². The van der Waals surface area contributed by atoms with Gasteiger partial charge in [0.25, 0.3) is 0 Å². The molecule has 24 heavy (non-hydrogen) atoms. The molecule has 0 amide bonds. The van der Waals surface area contributed by atoms with Gasteiger partial charge in [0.2, 0.25) is 6.79 Å². The van der Waals surface area contributed by atoms with Crippen molar-refractivity contribution in [3.8, 4) is 28.7 Å². The molecule has 1 unspecified atom stereocenters.